The second-order valence-electron chi connectivity index (χ2n) is 10.3. The molecule has 2 aliphatic heterocycles. The van der Waals surface area contributed by atoms with E-state index in [4.69, 9.17) is 41.7 Å². The summed E-state index contributed by atoms with van der Waals surface area (Å²) in [5, 5.41) is 34.6. The van der Waals surface area contributed by atoms with Crippen LogP contribution < -0.4 is 33.6 Å². The number of hydrogen-bond acceptors (Lipinski definition) is 14. The minimum Gasteiger partial charge on any atom is -0.468 e. The Morgan fingerprint density at radius 1 is 1.19 bits per heavy atom. The fraction of sp³-hybridized carbons (Fsp3) is 0.885. The van der Waals surface area contributed by atoms with Crippen LogP contribution in [-0.2, 0) is 23.9 Å². The molecule has 3 rings (SSSR count). The lowest BCUT2D eigenvalue weighted by molar-refractivity contribution is -0.319. The lowest BCUT2D eigenvalue weighted by atomic mass is 9.86. The molecule has 6 unspecified atom stereocenters. The molecule has 0 aromatic rings. The number of nitrogens with one attached hydrogen (secondary N) is 2. The van der Waals surface area contributed by atoms with Crippen LogP contribution in [0.1, 0.15) is 45.4 Å². The first-order valence-corrected chi connectivity index (χ1v) is 14.4. The van der Waals surface area contributed by atoms with Crippen LogP contribution in [-0.4, -0.2) is 123 Å². The van der Waals surface area contributed by atoms with Gasteiger partial charge in [0.25, 0.3) is 0 Å². The van der Waals surface area contributed by atoms with Crippen LogP contribution in [0.15, 0.2) is 11.8 Å². The predicted octanol–water partition coefficient (Wildman–Crippen LogP) is -1.60. The number of aliphatic hydroxyl groups is 2. The molecule has 15 nitrogen and oxygen atoms in total. The molecule has 8 atom stereocenters. The van der Waals surface area contributed by atoms with E-state index < -0.39 is 30.9 Å². The summed E-state index contributed by atoms with van der Waals surface area (Å²) in [5.41, 5.74) is 21.1. The normalized spacial score (nSPS) is 30.6. The summed E-state index contributed by atoms with van der Waals surface area (Å²) in [6.07, 6.45) is 3.28. The Hall–Kier alpha value is -1.54. The second-order valence-corrected chi connectivity index (χ2v) is 10.3. The van der Waals surface area contributed by atoms with E-state index in [-0.39, 0.29) is 18.0 Å². The number of halogens is 1. The maximum atomic E-state index is 11.5. The largest absolute Gasteiger partial charge is 0.468 e. The number of allylic oxidation sites excluding steroid dienone is 1. The Kier molecular flexibility index (Phi) is 23.9. The van der Waals surface area contributed by atoms with E-state index in [2.05, 4.69) is 27.4 Å². The van der Waals surface area contributed by atoms with Crippen molar-refractivity contribution in [1.29, 1.82) is 0 Å². The third-order valence-electron chi connectivity index (χ3n) is 6.45. The SMILES string of the molecule is CC1COC(OF)C(O)C1.CN.CN(O)CCN.NCCCNCC1=CCC[C@@H](O[C@@H]2C(N)CC(NC=O)CC2O)O1. The molecule has 0 aromatic carbocycles. The van der Waals surface area contributed by atoms with Gasteiger partial charge in [0, 0.05) is 38.6 Å². The van der Waals surface area contributed by atoms with Crippen molar-refractivity contribution in [3.63, 3.8) is 0 Å². The van der Waals surface area contributed by atoms with E-state index in [9.17, 15) is 14.4 Å². The molecule has 16 heteroatoms. The van der Waals surface area contributed by atoms with Gasteiger partial charge >= 0.3 is 0 Å². The van der Waals surface area contributed by atoms with Crippen LogP contribution >= 0.6 is 0 Å². The topological polar surface area (TPSA) is 246 Å². The van der Waals surface area contributed by atoms with Gasteiger partial charge in [-0.05, 0) is 68.8 Å². The first-order valence-electron chi connectivity index (χ1n) is 14.4. The number of carbonyl (C=O) groups is 1. The lowest BCUT2D eigenvalue weighted by Gasteiger charge is -2.39. The van der Waals surface area contributed by atoms with E-state index in [0.29, 0.717) is 58.5 Å². The van der Waals surface area contributed by atoms with Gasteiger partial charge in [0.05, 0.1) is 19.3 Å². The Morgan fingerprint density at radius 2 is 1.90 bits per heavy atom. The van der Waals surface area contributed by atoms with Crippen molar-refractivity contribution in [1.82, 2.24) is 15.7 Å². The highest BCUT2D eigenvalue weighted by atomic mass is 19.3. The van der Waals surface area contributed by atoms with E-state index in [1.165, 1.54) is 7.05 Å². The molecule has 0 bridgehead atoms. The number of rotatable bonds is 12. The molecule has 1 saturated carbocycles. The molecular weight excluding hydrogens is 557 g/mol. The van der Waals surface area contributed by atoms with Crippen LogP contribution in [0.25, 0.3) is 0 Å². The quantitative estimate of drug-likeness (QED) is 0.0684. The first kappa shape index (κ1) is 40.5. The Labute approximate surface area is 248 Å². The van der Waals surface area contributed by atoms with Gasteiger partial charge in [-0.2, -0.15) is 10.0 Å². The summed E-state index contributed by atoms with van der Waals surface area (Å²) in [7, 11) is 3.06. The van der Waals surface area contributed by atoms with Crippen LogP contribution in [0, 0.1) is 5.92 Å². The van der Waals surface area contributed by atoms with E-state index >= 15 is 0 Å². The monoisotopic (exact) mass is 613 g/mol. The third kappa shape index (κ3) is 17.5. The second kappa shape index (κ2) is 24.9. The van der Waals surface area contributed by atoms with Crippen molar-refractivity contribution >= 4 is 6.41 Å². The van der Waals surface area contributed by atoms with Crippen molar-refractivity contribution in [2.24, 2.45) is 28.9 Å². The standard InChI is InChI=1S/C16H30N4O4.C6H11FO3.C3H10N2O.CH5N/c17-5-2-6-19-9-12-3-1-4-15(23-12)24-16-13(18)7-11(20-10-21)8-14(16)22;1-4-2-5(8)6(10-7)9-3-4;1-5(6)3-2-4;1-2/h3,10-11,13-16,19,22H,1-2,4-9,17-18H2,(H,20,21);4-6,8H,2-3H2,1H3;6H,2-4H2,1H3;2H2,1H3/t11?,13?,14?,15-,16-;;;/m1.../s1. The molecule has 1 amide bonds. The van der Waals surface area contributed by atoms with Crippen LogP contribution in [0.3, 0.4) is 0 Å². The molecule has 13 N–H and O–H groups in total. The fourth-order valence-electron chi connectivity index (χ4n) is 4.41. The minimum atomic E-state index is -1.07. The average molecular weight is 614 g/mol. The first-order chi connectivity index (χ1) is 20.1. The van der Waals surface area contributed by atoms with Gasteiger partial charge in [0.1, 0.15) is 18.0 Å². The van der Waals surface area contributed by atoms with Gasteiger partial charge in [-0.15, -0.1) is 0 Å². The summed E-state index contributed by atoms with van der Waals surface area (Å²) in [5.74, 6) is 1.13. The van der Waals surface area contributed by atoms with Gasteiger partial charge < -0.3 is 63.2 Å². The minimum absolute atomic E-state index is 0.109. The van der Waals surface area contributed by atoms with Crippen LogP contribution in [0.2, 0.25) is 0 Å². The summed E-state index contributed by atoms with van der Waals surface area (Å²) >= 11 is 0. The molecule has 2 fully saturated rings. The summed E-state index contributed by atoms with van der Waals surface area (Å²) in [4.78, 5) is 13.9. The van der Waals surface area contributed by atoms with Gasteiger partial charge in [-0.25, -0.2) is 0 Å². The van der Waals surface area contributed by atoms with Crippen LogP contribution in [0.4, 0.5) is 4.53 Å². The van der Waals surface area contributed by atoms with Gasteiger partial charge in [0.15, 0.2) is 6.29 Å². The zero-order valence-corrected chi connectivity index (χ0v) is 25.3. The van der Waals surface area contributed by atoms with E-state index in [1.807, 2.05) is 6.92 Å². The number of likely N-dealkylation sites (N-methyl/N-ethyl adjacent to an activating group) is 1. The molecule has 1 aliphatic carbocycles. The molecular formula is C26H56FN7O8. The number of carbonyl (C=O) groups excluding carboxylic acids is 1. The summed E-state index contributed by atoms with van der Waals surface area (Å²) in [6.45, 7) is 5.58. The smallest absolute Gasteiger partial charge is 0.222 e. The Morgan fingerprint density at radius 3 is 2.43 bits per heavy atom. The third-order valence-corrected chi connectivity index (χ3v) is 6.45. The molecule has 3 aliphatic rings. The predicted molar refractivity (Wildman–Crippen MR) is 155 cm³/mol. The van der Waals surface area contributed by atoms with Gasteiger partial charge in [0.2, 0.25) is 12.7 Å². The van der Waals surface area contributed by atoms with Crippen molar-refractivity contribution in [2.75, 3.05) is 53.4 Å². The summed E-state index contributed by atoms with van der Waals surface area (Å²) in [6, 6.07) is -0.450. The van der Waals surface area contributed by atoms with Crippen molar-refractivity contribution in [3.05, 3.63) is 11.8 Å². The molecule has 250 valence electrons. The van der Waals surface area contributed by atoms with Crippen LogP contribution in [0.5, 0.6) is 0 Å². The maximum absolute atomic E-state index is 11.5. The number of hydroxylamine groups is 2. The highest BCUT2D eigenvalue weighted by Crippen LogP contribution is 2.26. The zero-order valence-electron chi connectivity index (χ0n) is 25.3. The Bertz CT molecular complexity index is 689. The van der Waals surface area contributed by atoms with Crippen molar-refractivity contribution in [3.8, 4) is 0 Å². The van der Waals surface area contributed by atoms with Crippen molar-refractivity contribution < 1.29 is 43.9 Å². The lowest BCUT2D eigenvalue weighted by Crippen LogP contribution is -2.56. The molecule has 0 aromatic heterocycles. The highest BCUT2D eigenvalue weighted by Gasteiger charge is 2.38. The van der Waals surface area contributed by atoms with Gasteiger partial charge in [-0.1, -0.05) is 6.92 Å². The Balaban J connectivity index is 0.000000765. The molecule has 2 heterocycles. The van der Waals surface area contributed by atoms with E-state index in [1.54, 1.807) is 7.05 Å². The molecule has 0 radical (unpaired) electrons. The number of amides is 1. The maximum Gasteiger partial charge on any atom is 0.222 e. The highest BCUT2D eigenvalue weighted by molar-refractivity contribution is 5.46. The van der Waals surface area contributed by atoms with E-state index in [0.717, 1.165) is 36.6 Å². The number of ether oxygens (including phenoxy) is 3. The molecule has 42 heavy (non-hydrogen) atoms. The number of nitrogens with zero attached hydrogens (tertiary/aromatic N) is 1. The number of aliphatic hydroxyl groups excluding tert-OH is 2. The summed E-state index contributed by atoms with van der Waals surface area (Å²) < 4.78 is 28.1. The van der Waals surface area contributed by atoms with Crippen molar-refractivity contribution in [2.45, 2.75) is 88.4 Å². The fourth-order valence-corrected chi connectivity index (χ4v) is 4.41. The molecule has 0 spiro atoms. The number of hydrogen-bond donors (Lipinski definition) is 9. The number of nitrogens with two attached hydrogens (primary N) is 4. The average Bonchev–Trinajstić information content (AvgIpc) is 2.95. The molecule has 1 saturated heterocycles. The zero-order chi connectivity index (χ0) is 31.9. The van der Waals surface area contributed by atoms with Gasteiger partial charge in [-0.3, -0.25) is 4.79 Å².